The van der Waals surface area contributed by atoms with Crippen molar-refractivity contribution < 1.29 is 0 Å². The Hall–Kier alpha value is -3.13. The van der Waals surface area contributed by atoms with Crippen molar-refractivity contribution in [1.82, 2.24) is 9.78 Å². The van der Waals surface area contributed by atoms with Crippen LogP contribution in [0.15, 0.2) is 72.8 Å². The Kier molecular flexibility index (Phi) is 4.41. The molecule has 0 saturated heterocycles. The molecule has 3 aromatic carbocycles. The third-order valence-corrected chi connectivity index (χ3v) is 5.18. The number of aryl methyl sites for hydroxylation is 3. The van der Waals surface area contributed by atoms with Crippen LogP contribution in [0.4, 0.5) is 0 Å². The van der Waals surface area contributed by atoms with Crippen LogP contribution >= 0.6 is 0 Å². The van der Waals surface area contributed by atoms with Crippen molar-refractivity contribution in [3.63, 3.8) is 0 Å². The molecule has 0 aliphatic rings. The molecule has 2 nitrogen and oxygen atoms in total. The van der Waals surface area contributed by atoms with Gasteiger partial charge in [0.15, 0.2) is 0 Å². The molecule has 0 spiro atoms. The van der Waals surface area contributed by atoms with Crippen LogP contribution in [0.3, 0.4) is 0 Å². The molecule has 0 atom stereocenters. The summed E-state index contributed by atoms with van der Waals surface area (Å²) >= 11 is 0. The van der Waals surface area contributed by atoms with Gasteiger partial charge in [-0.2, -0.15) is 5.10 Å². The smallest absolute Gasteiger partial charge is 0.0679 e. The highest BCUT2D eigenvalue weighted by Gasteiger charge is 2.18. The Morgan fingerprint density at radius 3 is 1.78 bits per heavy atom. The predicted molar refractivity (Wildman–Crippen MR) is 113 cm³/mol. The minimum Gasteiger partial charge on any atom is -0.237 e. The van der Waals surface area contributed by atoms with Gasteiger partial charge in [0.25, 0.3) is 0 Å². The summed E-state index contributed by atoms with van der Waals surface area (Å²) in [6.45, 7) is 8.67. The minimum atomic E-state index is 1.06. The van der Waals surface area contributed by atoms with Crippen molar-refractivity contribution in [3.8, 4) is 27.9 Å². The van der Waals surface area contributed by atoms with Gasteiger partial charge in [0, 0.05) is 11.3 Å². The van der Waals surface area contributed by atoms with Crippen molar-refractivity contribution >= 4 is 0 Å². The molecule has 2 heteroatoms. The fraction of sp³-hybridized carbons (Fsp3) is 0.160. The van der Waals surface area contributed by atoms with Gasteiger partial charge < -0.3 is 0 Å². The Morgan fingerprint density at radius 2 is 1.19 bits per heavy atom. The number of benzene rings is 3. The molecule has 0 saturated carbocycles. The molecule has 4 rings (SSSR count). The molecule has 0 aliphatic heterocycles. The monoisotopic (exact) mass is 352 g/mol. The van der Waals surface area contributed by atoms with Crippen molar-refractivity contribution in [2.45, 2.75) is 27.7 Å². The van der Waals surface area contributed by atoms with E-state index >= 15 is 0 Å². The van der Waals surface area contributed by atoms with Crippen molar-refractivity contribution in [1.29, 1.82) is 0 Å². The first kappa shape index (κ1) is 17.3. The zero-order chi connectivity index (χ0) is 19.0. The number of hydrogen-bond acceptors (Lipinski definition) is 1. The molecular formula is C25H24N2. The van der Waals surface area contributed by atoms with E-state index in [4.69, 9.17) is 5.10 Å². The summed E-state index contributed by atoms with van der Waals surface area (Å²) in [5.41, 5.74) is 11.0. The molecule has 134 valence electrons. The molecule has 4 aromatic rings. The molecule has 0 N–H and O–H groups in total. The lowest BCUT2D eigenvalue weighted by Crippen LogP contribution is -1.99. The van der Waals surface area contributed by atoms with Crippen LogP contribution in [0.5, 0.6) is 0 Å². The van der Waals surface area contributed by atoms with E-state index in [0.717, 1.165) is 11.4 Å². The van der Waals surface area contributed by atoms with Gasteiger partial charge >= 0.3 is 0 Å². The Morgan fingerprint density at radius 1 is 0.630 bits per heavy atom. The quantitative estimate of drug-likeness (QED) is 0.415. The fourth-order valence-electron chi connectivity index (χ4n) is 3.98. The maximum absolute atomic E-state index is 4.84. The maximum atomic E-state index is 4.84. The van der Waals surface area contributed by atoms with Crippen molar-refractivity contribution in [3.05, 3.63) is 95.3 Å². The van der Waals surface area contributed by atoms with E-state index in [1.54, 1.807) is 0 Å². The van der Waals surface area contributed by atoms with E-state index in [1.165, 1.54) is 39.1 Å². The summed E-state index contributed by atoms with van der Waals surface area (Å²) in [6, 6.07) is 25.5. The Labute approximate surface area is 161 Å². The van der Waals surface area contributed by atoms with Crippen LogP contribution in [0.25, 0.3) is 27.9 Å². The fourth-order valence-corrected chi connectivity index (χ4v) is 3.98. The zero-order valence-corrected chi connectivity index (χ0v) is 16.3. The van der Waals surface area contributed by atoms with E-state index in [2.05, 4.69) is 99.1 Å². The summed E-state index contributed by atoms with van der Waals surface area (Å²) in [6.07, 6.45) is 0. The van der Waals surface area contributed by atoms with Crippen LogP contribution in [-0.2, 0) is 0 Å². The molecule has 27 heavy (non-hydrogen) atoms. The highest BCUT2D eigenvalue weighted by Crippen LogP contribution is 2.36. The summed E-state index contributed by atoms with van der Waals surface area (Å²) in [4.78, 5) is 0. The van der Waals surface area contributed by atoms with E-state index in [0.29, 0.717) is 0 Å². The van der Waals surface area contributed by atoms with Gasteiger partial charge in [-0.3, -0.25) is 0 Å². The number of hydrogen-bond donors (Lipinski definition) is 0. The standard InChI is InChI=1S/C25H24N2/c1-17-15-22(21-11-7-5-8-12-21)16-18(2)24(17)25-19(3)26-27(20(25)4)23-13-9-6-10-14-23/h5-16H,1-4H3. The third kappa shape index (κ3) is 3.08. The molecule has 0 bridgehead atoms. The Bertz CT molecular complexity index is 1070. The first-order chi connectivity index (χ1) is 13.1. The molecule has 0 unspecified atom stereocenters. The van der Waals surface area contributed by atoms with Gasteiger partial charge in [-0.25, -0.2) is 4.68 Å². The maximum Gasteiger partial charge on any atom is 0.0679 e. The van der Waals surface area contributed by atoms with Crippen molar-refractivity contribution in [2.75, 3.05) is 0 Å². The molecule has 1 aromatic heterocycles. The van der Waals surface area contributed by atoms with Crippen LogP contribution in [0.2, 0.25) is 0 Å². The average Bonchev–Trinajstić information content (AvgIpc) is 2.97. The van der Waals surface area contributed by atoms with Gasteiger partial charge in [0.2, 0.25) is 0 Å². The second-order valence-corrected chi connectivity index (χ2v) is 7.14. The normalized spacial score (nSPS) is 11.0. The second kappa shape index (κ2) is 6.88. The van der Waals surface area contributed by atoms with Crippen LogP contribution < -0.4 is 0 Å². The Balaban J connectivity index is 1.87. The minimum absolute atomic E-state index is 1.06. The van der Waals surface area contributed by atoms with Crippen LogP contribution in [0, 0.1) is 27.7 Å². The predicted octanol–water partition coefficient (Wildman–Crippen LogP) is 6.44. The first-order valence-corrected chi connectivity index (χ1v) is 9.35. The lowest BCUT2D eigenvalue weighted by atomic mass is 9.90. The summed E-state index contributed by atoms with van der Waals surface area (Å²) in [7, 11) is 0. The largest absolute Gasteiger partial charge is 0.237 e. The highest BCUT2D eigenvalue weighted by atomic mass is 15.3. The number of aromatic nitrogens is 2. The van der Waals surface area contributed by atoms with Gasteiger partial charge in [-0.1, -0.05) is 60.7 Å². The van der Waals surface area contributed by atoms with E-state index in [-0.39, 0.29) is 0 Å². The lowest BCUT2D eigenvalue weighted by Gasteiger charge is -2.14. The summed E-state index contributed by atoms with van der Waals surface area (Å²) < 4.78 is 2.05. The van der Waals surface area contributed by atoms with Gasteiger partial charge in [0.1, 0.15) is 0 Å². The first-order valence-electron chi connectivity index (χ1n) is 9.35. The third-order valence-electron chi connectivity index (χ3n) is 5.18. The molecule has 0 radical (unpaired) electrons. The number of rotatable bonds is 3. The molecular weight excluding hydrogens is 328 g/mol. The average molecular weight is 352 g/mol. The molecule has 1 heterocycles. The molecule has 0 amide bonds. The molecule has 0 fully saturated rings. The number of nitrogens with zero attached hydrogens (tertiary/aromatic N) is 2. The van der Waals surface area contributed by atoms with E-state index < -0.39 is 0 Å². The van der Waals surface area contributed by atoms with Crippen LogP contribution in [0.1, 0.15) is 22.5 Å². The van der Waals surface area contributed by atoms with Gasteiger partial charge in [-0.15, -0.1) is 0 Å². The SMILES string of the molecule is Cc1cc(-c2ccccc2)cc(C)c1-c1c(C)nn(-c2ccccc2)c1C. The summed E-state index contributed by atoms with van der Waals surface area (Å²) in [5.74, 6) is 0. The van der Waals surface area contributed by atoms with E-state index in [1.807, 2.05) is 6.07 Å². The summed E-state index contributed by atoms with van der Waals surface area (Å²) in [5, 5.41) is 4.84. The van der Waals surface area contributed by atoms with Crippen molar-refractivity contribution in [2.24, 2.45) is 0 Å². The highest BCUT2D eigenvalue weighted by molar-refractivity contribution is 5.79. The molecule has 0 aliphatic carbocycles. The zero-order valence-electron chi connectivity index (χ0n) is 16.3. The van der Waals surface area contributed by atoms with Gasteiger partial charge in [0.05, 0.1) is 11.4 Å². The van der Waals surface area contributed by atoms with Crippen LogP contribution in [-0.4, -0.2) is 9.78 Å². The van der Waals surface area contributed by atoms with Gasteiger partial charge in [-0.05, 0) is 67.6 Å². The second-order valence-electron chi connectivity index (χ2n) is 7.14. The topological polar surface area (TPSA) is 17.8 Å². The van der Waals surface area contributed by atoms with E-state index in [9.17, 15) is 0 Å². The number of para-hydroxylation sites is 1. The lowest BCUT2D eigenvalue weighted by molar-refractivity contribution is 0.834.